The van der Waals surface area contributed by atoms with Crippen molar-refractivity contribution in [1.29, 1.82) is 0 Å². The topological polar surface area (TPSA) is 64.3 Å². The van der Waals surface area contributed by atoms with Crippen LogP contribution in [-0.2, 0) is 11.3 Å². The van der Waals surface area contributed by atoms with Crippen molar-refractivity contribution in [3.05, 3.63) is 53.4 Å². The largest absolute Gasteiger partial charge is 0.573 e. The summed E-state index contributed by atoms with van der Waals surface area (Å²) >= 11 is 2.93. The van der Waals surface area contributed by atoms with Crippen molar-refractivity contribution in [2.24, 2.45) is 0 Å². The first-order valence-electron chi connectivity index (χ1n) is 9.36. The molecule has 5 nitrogen and oxygen atoms in total. The summed E-state index contributed by atoms with van der Waals surface area (Å²) in [5.41, 5.74) is 2.58. The zero-order chi connectivity index (χ0) is 22.0. The highest BCUT2D eigenvalue weighted by atomic mass is 32.2. The summed E-state index contributed by atoms with van der Waals surface area (Å²) in [5, 5.41) is 12.2. The van der Waals surface area contributed by atoms with Gasteiger partial charge in [0.05, 0.1) is 17.6 Å². The minimum atomic E-state index is -4.75. The fourth-order valence-corrected chi connectivity index (χ4v) is 5.14. The van der Waals surface area contributed by atoms with E-state index in [0.717, 1.165) is 26.5 Å². The van der Waals surface area contributed by atoms with Gasteiger partial charge in [0.15, 0.2) is 5.16 Å². The van der Waals surface area contributed by atoms with Gasteiger partial charge in [-0.15, -0.1) is 24.5 Å². The molecule has 0 unspecified atom stereocenters. The first-order chi connectivity index (χ1) is 14.8. The maximum absolute atomic E-state index is 12.6. The van der Waals surface area contributed by atoms with Crippen molar-refractivity contribution in [1.82, 2.24) is 9.55 Å². The van der Waals surface area contributed by atoms with Crippen LogP contribution in [0.5, 0.6) is 5.75 Å². The number of halogens is 3. The Bertz CT molecular complexity index is 1230. The number of fused-ring (bicyclic) bond motifs is 2. The lowest BCUT2D eigenvalue weighted by atomic mass is 10.1. The molecule has 2 heterocycles. The molecule has 0 amide bonds. The predicted octanol–water partition coefficient (Wildman–Crippen LogP) is 6.15. The average Bonchev–Trinajstić information content (AvgIpc) is 3.26. The van der Waals surface area contributed by atoms with E-state index in [1.54, 1.807) is 6.07 Å². The van der Waals surface area contributed by atoms with Gasteiger partial charge < -0.3 is 14.4 Å². The molecule has 0 bridgehead atoms. The number of carboxylic acids is 1. The van der Waals surface area contributed by atoms with Crippen LogP contribution in [0.2, 0.25) is 0 Å². The van der Waals surface area contributed by atoms with Crippen molar-refractivity contribution in [2.75, 3.05) is 5.75 Å². The van der Waals surface area contributed by atoms with Crippen molar-refractivity contribution in [3.63, 3.8) is 0 Å². The van der Waals surface area contributed by atoms with Gasteiger partial charge >= 0.3 is 12.3 Å². The molecule has 0 saturated heterocycles. The zero-order valence-electron chi connectivity index (χ0n) is 16.1. The summed E-state index contributed by atoms with van der Waals surface area (Å²) in [4.78, 5) is 15.4. The summed E-state index contributed by atoms with van der Waals surface area (Å²) < 4.78 is 44.8. The first-order valence-corrected chi connectivity index (χ1v) is 11.2. The number of ether oxygens (including phenoxy) is 1. The van der Waals surface area contributed by atoms with Gasteiger partial charge in [-0.3, -0.25) is 4.79 Å². The molecule has 1 N–H and O–H groups in total. The zero-order valence-corrected chi connectivity index (χ0v) is 17.7. The smallest absolute Gasteiger partial charge is 0.481 e. The Kier molecular flexibility index (Phi) is 6.10. The number of carbonyl (C=O) groups is 1. The maximum atomic E-state index is 12.6. The van der Waals surface area contributed by atoms with E-state index < -0.39 is 12.3 Å². The number of imidazole rings is 1. The van der Waals surface area contributed by atoms with Crippen LogP contribution >= 0.6 is 23.1 Å². The number of rotatable bonds is 8. The molecule has 0 saturated carbocycles. The molecule has 0 aliphatic rings. The molecular formula is C21H17F3N2O3S2. The van der Waals surface area contributed by atoms with E-state index in [4.69, 9.17) is 5.11 Å². The molecule has 0 atom stereocenters. The molecule has 0 radical (unpaired) electrons. The van der Waals surface area contributed by atoms with Crippen LogP contribution in [0.1, 0.15) is 18.4 Å². The van der Waals surface area contributed by atoms with Crippen LogP contribution < -0.4 is 4.74 Å². The van der Waals surface area contributed by atoms with Crippen LogP contribution in [0.3, 0.4) is 0 Å². The van der Waals surface area contributed by atoms with Gasteiger partial charge in [0, 0.05) is 22.3 Å². The molecule has 0 aliphatic heterocycles. The van der Waals surface area contributed by atoms with Crippen LogP contribution in [0.25, 0.3) is 21.1 Å². The number of thiophene rings is 1. The van der Waals surface area contributed by atoms with Gasteiger partial charge in [-0.25, -0.2) is 4.98 Å². The molecule has 2 aromatic carbocycles. The number of aliphatic carboxylic acids is 1. The highest BCUT2D eigenvalue weighted by Gasteiger charge is 2.31. The minimum absolute atomic E-state index is 0.0877. The van der Waals surface area contributed by atoms with E-state index in [1.165, 1.54) is 35.2 Å². The van der Waals surface area contributed by atoms with Crippen molar-refractivity contribution in [3.8, 4) is 5.75 Å². The number of nitrogens with zero attached hydrogens (tertiary/aromatic N) is 2. The summed E-state index contributed by atoms with van der Waals surface area (Å²) in [6, 6.07) is 12.0. The summed E-state index contributed by atoms with van der Waals surface area (Å²) in [6.45, 7) is 0.428. The number of alkyl halides is 3. The highest BCUT2D eigenvalue weighted by Crippen LogP contribution is 2.34. The summed E-state index contributed by atoms with van der Waals surface area (Å²) in [6.07, 6.45) is -4.14. The Hall–Kier alpha value is -2.72. The Balaban J connectivity index is 1.65. The molecule has 0 fully saturated rings. The number of hydrogen-bond donors (Lipinski definition) is 1. The molecule has 4 rings (SSSR count). The van der Waals surface area contributed by atoms with E-state index in [9.17, 15) is 18.0 Å². The number of carboxylic acid groups (broad SMARTS) is 1. The molecule has 162 valence electrons. The third-order valence-electron chi connectivity index (χ3n) is 4.57. The Labute approximate surface area is 183 Å². The normalized spacial score (nSPS) is 12.0. The molecule has 2 aromatic heterocycles. The van der Waals surface area contributed by atoms with Crippen LogP contribution in [0.4, 0.5) is 13.2 Å². The minimum Gasteiger partial charge on any atom is -0.481 e. The first kappa shape index (κ1) is 21.5. The fourth-order valence-electron chi connectivity index (χ4n) is 3.25. The number of hydrogen-bond acceptors (Lipinski definition) is 5. The Morgan fingerprint density at radius 1 is 1.23 bits per heavy atom. The van der Waals surface area contributed by atoms with E-state index >= 15 is 0 Å². The summed E-state index contributed by atoms with van der Waals surface area (Å²) in [7, 11) is 0. The molecular weight excluding hydrogens is 449 g/mol. The Morgan fingerprint density at radius 2 is 2.03 bits per heavy atom. The fraction of sp³-hybridized carbons (Fsp3) is 0.238. The SMILES string of the molecule is O=C(O)CCCSc1nc2ccccc2n1Cc1csc2ccc(OC(F)(F)F)cc12. The lowest BCUT2D eigenvalue weighted by Crippen LogP contribution is -2.17. The molecule has 0 spiro atoms. The van der Waals surface area contributed by atoms with Gasteiger partial charge in [-0.2, -0.15) is 0 Å². The lowest BCUT2D eigenvalue weighted by Gasteiger charge is -2.10. The number of para-hydroxylation sites is 2. The van der Waals surface area contributed by atoms with Gasteiger partial charge in [0.2, 0.25) is 0 Å². The molecule has 31 heavy (non-hydrogen) atoms. The second-order valence-corrected chi connectivity index (χ2v) is 8.76. The van der Waals surface area contributed by atoms with Crippen LogP contribution in [0, 0.1) is 0 Å². The van der Waals surface area contributed by atoms with E-state index in [0.29, 0.717) is 24.1 Å². The predicted molar refractivity (Wildman–Crippen MR) is 115 cm³/mol. The quantitative estimate of drug-likeness (QED) is 0.249. The third kappa shape index (κ3) is 5.13. The molecule has 0 aliphatic carbocycles. The van der Waals surface area contributed by atoms with Crippen molar-refractivity contribution in [2.45, 2.75) is 30.9 Å². The highest BCUT2D eigenvalue weighted by molar-refractivity contribution is 7.99. The van der Waals surface area contributed by atoms with E-state index in [1.807, 2.05) is 34.2 Å². The van der Waals surface area contributed by atoms with Gasteiger partial charge in [0.25, 0.3) is 0 Å². The average molecular weight is 467 g/mol. The van der Waals surface area contributed by atoms with E-state index in [2.05, 4.69) is 9.72 Å². The van der Waals surface area contributed by atoms with Gasteiger partial charge in [0.1, 0.15) is 5.75 Å². The lowest BCUT2D eigenvalue weighted by molar-refractivity contribution is -0.274. The number of benzene rings is 2. The summed E-state index contributed by atoms with van der Waals surface area (Å²) in [5.74, 6) is -0.488. The second-order valence-electron chi connectivity index (χ2n) is 6.78. The van der Waals surface area contributed by atoms with Crippen molar-refractivity contribution < 1.29 is 27.8 Å². The van der Waals surface area contributed by atoms with Crippen molar-refractivity contribution >= 4 is 50.2 Å². The third-order valence-corrected chi connectivity index (χ3v) is 6.65. The van der Waals surface area contributed by atoms with Gasteiger partial charge in [-0.1, -0.05) is 23.9 Å². The number of aromatic nitrogens is 2. The molecule has 4 aromatic rings. The van der Waals surface area contributed by atoms with Crippen LogP contribution in [0.15, 0.2) is 53.0 Å². The van der Waals surface area contributed by atoms with E-state index in [-0.39, 0.29) is 12.2 Å². The van der Waals surface area contributed by atoms with Gasteiger partial charge in [-0.05, 0) is 47.7 Å². The number of thioether (sulfide) groups is 1. The standard InChI is InChI=1S/C21H17F3N2O3S2/c22-21(23,24)29-14-7-8-18-15(10-14)13(12-31-18)11-26-17-5-2-1-4-16(17)25-20(26)30-9-3-6-19(27)28/h1-2,4-5,7-8,10,12H,3,6,9,11H2,(H,27,28). The monoisotopic (exact) mass is 466 g/mol. The second kappa shape index (κ2) is 8.80. The van der Waals surface area contributed by atoms with Crippen LogP contribution in [-0.4, -0.2) is 32.7 Å². The maximum Gasteiger partial charge on any atom is 0.573 e. The molecule has 10 heteroatoms. The Morgan fingerprint density at radius 3 is 2.81 bits per heavy atom.